The number of rotatable bonds is 5. The lowest BCUT2D eigenvalue weighted by atomic mass is 10.2. The molecular formula is C13H17Cl2N3O. The van der Waals surface area contributed by atoms with Crippen LogP contribution in [0.5, 0.6) is 0 Å². The molecule has 0 aromatic heterocycles. The van der Waals surface area contributed by atoms with Crippen LogP contribution in [0.3, 0.4) is 0 Å². The van der Waals surface area contributed by atoms with Gasteiger partial charge in [-0.2, -0.15) is 0 Å². The smallest absolute Gasteiger partial charge is 0.191 e. The monoisotopic (exact) mass is 301 g/mol. The van der Waals surface area contributed by atoms with E-state index < -0.39 is 0 Å². The van der Waals surface area contributed by atoms with E-state index in [1.165, 1.54) is 0 Å². The summed E-state index contributed by atoms with van der Waals surface area (Å²) in [6.45, 7) is 4.70. The highest BCUT2D eigenvalue weighted by molar-refractivity contribution is 6.35. The first-order chi connectivity index (χ1) is 9.15. The average molecular weight is 302 g/mol. The highest BCUT2D eigenvalue weighted by Crippen LogP contribution is 2.21. The summed E-state index contributed by atoms with van der Waals surface area (Å²) in [4.78, 5) is 4.30. The molecule has 19 heavy (non-hydrogen) atoms. The van der Waals surface area contributed by atoms with Gasteiger partial charge in [0.25, 0.3) is 0 Å². The van der Waals surface area contributed by atoms with Crippen molar-refractivity contribution in [2.45, 2.75) is 19.6 Å². The Hall–Kier alpha value is -0.970. The first-order valence-corrected chi connectivity index (χ1v) is 6.97. The number of hydrogen-bond donors (Lipinski definition) is 2. The Morgan fingerprint density at radius 3 is 3.00 bits per heavy atom. The van der Waals surface area contributed by atoms with E-state index in [0.717, 1.165) is 18.1 Å². The van der Waals surface area contributed by atoms with Gasteiger partial charge in [-0.05, 0) is 24.6 Å². The van der Waals surface area contributed by atoms with Crippen LogP contribution in [-0.2, 0) is 11.3 Å². The van der Waals surface area contributed by atoms with Crippen molar-refractivity contribution in [2.75, 3.05) is 19.7 Å². The van der Waals surface area contributed by atoms with Crippen LogP contribution in [0.2, 0.25) is 10.0 Å². The predicted octanol–water partition coefficient (Wildman–Crippen LogP) is 2.45. The molecule has 1 unspecified atom stereocenters. The number of hydrogen-bond acceptors (Lipinski definition) is 4. The van der Waals surface area contributed by atoms with E-state index in [-0.39, 0.29) is 0 Å². The van der Waals surface area contributed by atoms with Gasteiger partial charge in [0.15, 0.2) is 5.96 Å². The van der Waals surface area contributed by atoms with Crippen LogP contribution in [-0.4, -0.2) is 31.7 Å². The molecule has 0 amide bonds. The third-order valence-electron chi connectivity index (χ3n) is 2.72. The number of benzene rings is 1. The zero-order valence-electron chi connectivity index (χ0n) is 10.7. The van der Waals surface area contributed by atoms with Crippen molar-refractivity contribution in [3.05, 3.63) is 33.8 Å². The molecule has 0 radical (unpaired) electrons. The highest BCUT2D eigenvalue weighted by atomic mass is 35.5. The van der Waals surface area contributed by atoms with Crippen molar-refractivity contribution in [3.8, 4) is 0 Å². The van der Waals surface area contributed by atoms with E-state index in [0.29, 0.717) is 35.8 Å². The van der Waals surface area contributed by atoms with Gasteiger partial charge in [-0.1, -0.05) is 29.3 Å². The summed E-state index contributed by atoms with van der Waals surface area (Å²) < 4.78 is 5.55. The second kappa shape index (κ2) is 6.98. The lowest BCUT2D eigenvalue weighted by molar-refractivity contribution is 0.125. The molecule has 4 nitrogen and oxygen atoms in total. The molecule has 0 bridgehead atoms. The van der Waals surface area contributed by atoms with Gasteiger partial charge in [-0.15, -0.1) is 0 Å². The fraction of sp³-hybridized carbons (Fsp3) is 0.462. The quantitative estimate of drug-likeness (QED) is 0.821. The third-order valence-corrected chi connectivity index (χ3v) is 3.30. The molecule has 0 spiro atoms. The van der Waals surface area contributed by atoms with Crippen LogP contribution in [0.15, 0.2) is 23.2 Å². The fourth-order valence-electron chi connectivity index (χ4n) is 1.72. The summed E-state index contributed by atoms with van der Waals surface area (Å²) in [7, 11) is 0. The minimum Gasteiger partial charge on any atom is -0.375 e. The number of halogens is 2. The topological polar surface area (TPSA) is 45.7 Å². The molecule has 0 aliphatic carbocycles. The summed E-state index contributed by atoms with van der Waals surface area (Å²) in [5, 5.41) is 7.68. The molecule has 0 fully saturated rings. The van der Waals surface area contributed by atoms with Crippen molar-refractivity contribution in [3.63, 3.8) is 0 Å². The molecule has 2 N–H and O–H groups in total. The van der Waals surface area contributed by atoms with Gasteiger partial charge in [-0.3, -0.25) is 4.99 Å². The second-order valence-corrected chi connectivity index (χ2v) is 5.29. The molecule has 0 saturated carbocycles. The maximum absolute atomic E-state index is 6.05. The van der Waals surface area contributed by atoms with Crippen LogP contribution >= 0.6 is 23.2 Å². The summed E-state index contributed by atoms with van der Waals surface area (Å²) >= 11 is 11.9. The third kappa shape index (κ3) is 4.56. The molecule has 1 atom stereocenters. The molecule has 2 rings (SSSR count). The van der Waals surface area contributed by atoms with Crippen LogP contribution in [0.1, 0.15) is 12.5 Å². The average Bonchev–Trinajstić information content (AvgIpc) is 2.77. The molecule has 1 aromatic rings. The predicted molar refractivity (Wildman–Crippen MR) is 79.0 cm³/mol. The van der Waals surface area contributed by atoms with Crippen molar-refractivity contribution >= 4 is 29.2 Å². The number of guanidine groups is 1. The summed E-state index contributed by atoms with van der Waals surface area (Å²) in [6.07, 6.45) is 0. The van der Waals surface area contributed by atoms with E-state index in [1.807, 2.05) is 12.1 Å². The molecule has 1 heterocycles. The molecule has 1 aliphatic rings. The van der Waals surface area contributed by atoms with Gasteiger partial charge >= 0.3 is 0 Å². The lowest BCUT2D eigenvalue weighted by Gasteiger charge is -2.10. The first kappa shape index (κ1) is 14.4. The molecule has 6 heteroatoms. The van der Waals surface area contributed by atoms with Gasteiger partial charge in [-0.25, -0.2) is 0 Å². The summed E-state index contributed by atoms with van der Waals surface area (Å²) in [5.74, 6) is 0.848. The van der Waals surface area contributed by atoms with Crippen LogP contribution in [0.25, 0.3) is 0 Å². The van der Waals surface area contributed by atoms with Gasteiger partial charge in [0.2, 0.25) is 0 Å². The maximum Gasteiger partial charge on any atom is 0.191 e. The Kier molecular flexibility index (Phi) is 5.31. The van der Waals surface area contributed by atoms with Gasteiger partial charge in [0.05, 0.1) is 19.8 Å². The van der Waals surface area contributed by atoms with E-state index in [9.17, 15) is 0 Å². The Morgan fingerprint density at radius 1 is 1.47 bits per heavy atom. The number of aliphatic imine (C=N–C) groups is 1. The Bertz CT molecular complexity index is 465. The van der Waals surface area contributed by atoms with E-state index in [1.54, 1.807) is 6.07 Å². The normalized spacial score (nSPS) is 18.1. The molecular weight excluding hydrogens is 285 g/mol. The van der Waals surface area contributed by atoms with Gasteiger partial charge in [0.1, 0.15) is 0 Å². The maximum atomic E-state index is 6.05. The summed E-state index contributed by atoms with van der Waals surface area (Å²) in [5.41, 5.74) is 0.941. The zero-order valence-corrected chi connectivity index (χ0v) is 12.3. The number of nitrogens with zero attached hydrogens (tertiary/aromatic N) is 1. The first-order valence-electron chi connectivity index (χ1n) is 6.21. The minimum absolute atomic E-state index is 0.413. The largest absolute Gasteiger partial charge is 0.375 e. The lowest BCUT2D eigenvalue weighted by Crippen LogP contribution is -2.39. The van der Waals surface area contributed by atoms with Crippen LogP contribution < -0.4 is 10.6 Å². The van der Waals surface area contributed by atoms with Gasteiger partial charge < -0.3 is 15.4 Å². The molecule has 1 aromatic carbocycles. The van der Waals surface area contributed by atoms with Crippen molar-refractivity contribution in [1.29, 1.82) is 0 Å². The van der Waals surface area contributed by atoms with Crippen LogP contribution in [0.4, 0.5) is 0 Å². The number of ether oxygens (including phenoxy) is 1. The van der Waals surface area contributed by atoms with Gasteiger partial charge in [0, 0.05) is 22.6 Å². The van der Waals surface area contributed by atoms with E-state index in [4.69, 9.17) is 27.9 Å². The Morgan fingerprint density at radius 2 is 2.32 bits per heavy atom. The van der Waals surface area contributed by atoms with Crippen molar-refractivity contribution in [2.24, 2.45) is 4.99 Å². The molecule has 1 aliphatic heterocycles. The van der Waals surface area contributed by atoms with E-state index in [2.05, 4.69) is 22.5 Å². The summed E-state index contributed by atoms with van der Waals surface area (Å²) in [6, 6.07) is 5.82. The molecule has 0 saturated heterocycles. The van der Waals surface area contributed by atoms with Crippen molar-refractivity contribution in [1.82, 2.24) is 10.6 Å². The standard InChI is InChI=1S/C13H17Cl2N3O/c1-9-7-17-13(18-9)16-4-5-19-8-10-2-3-11(14)6-12(10)15/h2-3,6,9H,4-5,7-8H2,1H3,(H2,16,17,18). The van der Waals surface area contributed by atoms with Crippen LogP contribution in [0, 0.1) is 0 Å². The molecule has 104 valence electrons. The minimum atomic E-state index is 0.413. The second-order valence-electron chi connectivity index (χ2n) is 4.45. The van der Waals surface area contributed by atoms with E-state index >= 15 is 0 Å². The SMILES string of the molecule is CC1CN=C(NCCOCc2ccc(Cl)cc2Cl)N1. The Labute approximate surface area is 123 Å². The Balaban J connectivity index is 1.64. The highest BCUT2D eigenvalue weighted by Gasteiger charge is 2.10. The zero-order chi connectivity index (χ0) is 13.7. The fourth-order valence-corrected chi connectivity index (χ4v) is 2.19. The van der Waals surface area contributed by atoms with Crippen molar-refractivity contribution < 1.29 is 4.74 Å². The number of nitrogens with one attached hydrogen (secondary N) is 2.